The molecule has 1 unspecified atom stereocenters. The Morgan fingerprint density at radius 1 is 1.08 bits per heavy atom. The van der Waals surface area contributed by atoms with Crippen LogP contribution in [0.25, 0.3) is 0 Å². The van der Waals surface area contributed by atoms with Gasteiger partial charge in [-0.2, -0.15) is 0 Å². The fourth-order valence-corrected chi connectivity index (χ4v) is 5.90. The van der Waals surface area contributed by atoms with Crippen molar-refractivity contribution in [3.8, 4) is 5.75 Å². The predicted octanol–water partition coefficient (Wildman–Crippen LogP) is 2.65. The van der Waals surface area contributed by atoms with E-state index >= 15 is 0 Å². The Hall–Kier alpha value is -2.66. The first-order valence-electron chi connectivity index (χ1n) is 12.8. The smallest absolute Gasteiger partial charge is 0.244 e. The van der Waals surface area contributed by atoms with Gasteiger partial charge in [0.15, 0.2) is 9.84 Å². The van der Waals surface area contributed by atoms with E-state index in [4.69, 9.17) is 16.3 Å². The molecule has 4 N–H and O–H groups in total. The average molecular weight is 582 g/mol. The van der Waals surface area contributed by atoms with Crippen LogP contribution in [0.4, 0.5) is 0 Å². The van der Waals surface area contributed by atoms with E-state index in [2.05, 4.69) is 16.0 Å². The molecule has 2 aromatic carbocycles. The minimum absolute atomic E-state index is 0.0673. The molecule has 0 saturated carbocycles. The molecule has 0 aromatic heterocycles. The van der Waals surface area contributed by atoms with Gasteiger partial charge >= 0.3 is 0 Å². The van der Waals surface area contributed by atoms with E-state index in [1.165, 1.54) is 26.2 Å². The van der Waals surface area contributed by atoms with Gasteiger partial charge in [0, 0.05) is 13.0 Å². The van der Waals surface area contributed by atoms with Gasteiger partial charge in [0.2, 0.25) is 11.8 Å². The number of aliphatic hydroxyl groups is 1. The van der Waals surface area contributed by atoms with E-state index < -0.39 is 44.7 Å². The lowest BCUT2D eigenvalue weighted by Gasteiger charge is -2.39. The van der Waals surface area contributed by atoms with Gasteiger partial charge in [-0.3, -0.25) is 14.9 Å². The summed E-state index contributed by atoms with van der Waals surface area (Å²) in [6, 6.07) is 14.6. The minimum Gasteiger partial charge on any atom is -0.497 e. The number of sulfone groups is 1. The maximum Gasteiger partial charge on any atom is 0.244 e. The van der Waals surface area contributed by atoms with Gasteiger partial charge in [0.25, 0.3) is 0 Å². The molecule has 0 aliphatic heterocycles. The quantitative estimate of drug-likeness (QED) is 0.188. The zero-order valence-corrected chi connectivity index (χ0v) is 24.7. The van der Waals surface area contributed by atoms with Gasteiger partial charge in [-0.25, -0.2) is 8.42 Å². The second kappa shape index (κ2) is 14.1. The molecule has 0 heterocycles. The van der Waals surface area contributed by atoms with Crippen LogP contribution in [0.1, 0.15) is 39.7 Å². The highest BCUT2D eigenvalue weighted by molar-refractivity contribution is 7.91. The number of carbonyl (C=O) groups is 2. The third kappa shape index (κ3) is 9.79. The van der Waals surface area contributed by atoms with E-state index in [9.17, 15) is 23.1 Å². The number of hydrogen-bond donors (Lipinski definition) is 4. The first kappa shape index (κ1) is 32.6. The second-order valence-electron chi connectivity index (χ2n) is 10.3. The van der Waals surface area contributed by atoms with Crippen LogP contribution in [-0.4, -0.2) is 67.9 Å². The highest BCUT2D eigenvalue weighted by Gasteiger charge is 2.37. The lowest BCUT2D eigenvalue weighted by atomic mass is 9.94. The van der Waals surface area contributed by atoms with Crippen molar-refractivity contribution >= 4 is 33.3 Å². The summed E-state index contributed by atoms with van der Waals surface area (Å²) in [6.45, 7) is 6.80. The largest absolute Gasteiger partial charge is 0.497 e. The lowest BCUT2D eigenvalue weighted by Crippen LogP contribution is -2.66. The van der Waals surface area contributed by atoms with E-state index in [-0.39, 0.29) is 23.2 Å². The van der Waals surface area contributed by atoms with E-state index in [1.807, 2.05) is 51.1 Å². The van der Waals surface area contributed by atoms with Gasteiger partial charge in [-0.05, 0) is 49.1 Å². The van der Waals surface area contributed by atoms with Crippen LogP contribution in [0.2, 0.25) is 0 Å². The molecule has 0 spiro atoms. The molecule has 0 radical (unpaired) electrons. The summed E-state index contributed by atoms with van der Waals surface area (Å²) in [5.41, 5.74) is -1.81. The Labute approximate surface area is 236 Å². The molecular weight excluding hydrogens is 542 g/mol. The minimum atomic E-state index is -3.83. The molecule has 2 aromatic rings. The number of carbonyl (C=O) groups excluding carboxylic acids is 2. The molecule has 39 heavy (non-hydrogen) atoms. The van der Waals surface area contributed by atoms with Crippen molar-refractivity contribution in [1.82, 2.24) is 16.0 Å². The molecule has 0 bridgehead atoms. The second-order valence-corrected chi connectivity index (χ2v) is 12.6. The number of amides is 2. The number of nitrogens with one attached hydrogen (secondary N) is 3. The van der Waals surface area contributed by atoms with Crippen LogP contribution in [0.15, 0.2) is 59.5 Å². The molecule has 3 atom stereocenters. The third-order valence-corrected chi connectivity index (χ3v) is 8.66. The number of halogens is 1. The molecule has 0 fully saturated rings. The zero-order valence-electron chi connectivity index (χ0n) is 23.2. The van der Waals surface area contributed by atoms with Crippen LogP contribution in [0.5, 0.6) is 5.75 Å². The molecular formula is C28H40ClN3O6S. The van der Waals surface area contributed by atoms with Crippen molar-refractivity contribution in [1.29, 1.82) is 0 Å². The SMILES string of the molecule is CCC(Cc1ccccc1)(NC[C@@](C)(O)CS(=O)(=O)c1ccc(OC)cc1)NC(=O)[C@@H](NC(=O)CCl)C(C)C. The zero-order chi connectivity index (χ0) is 29.3. The summed E-state index contributed by atoms with van der Waals surface area (Å²) in [5, 5.41) is 20.1. The first-order valence-corrected chi connectivity index (χ1v) is 15.0. The van der Waals surface area contributed by atoms with E-state index in [0.717, 1.165) is 5.56 Å². The van der Waals surface area contributed by atoms with Crippen molar-refractivity contribution in [2.45, 2.75) is 62.7 Å². The fourth-order valence-electron chi connectivity index (χ4n) is 4.18. The average Bonchev–Trinajstić information content (AvgIpc) is 2.90. The van der Waals surface area contributed by atoms with Crippen LogP contribution in [0.3, 0.4) is 0 Å². The van der Waals surface area contributed by atoms with Gasteiger partial charge in [-0.1, -0.05) is 51.1 Å². The molecule has 0 saturated heterocycles. The number of hydrogen-bond acceptors (Lipinski definition) is 7. The van der Waals surface area contributed by atoms with Crippen LogP contribution in [-0.2, 0) is 25.8 Å². The van der Waals surface area contributed by atoms with Gasteiger partial charge in [0.1, 0.15) is 17.7 Å². The molecule has 2 amide bonds. The summed E-state index contributed by atoms with van der Waals surface area (Å²) in [7, 11) is -2.34. The third-order valence-electron chi connectivity index (χ3n) is 6.43. The van der Waals surface area contributed by atoms with Gasteiger partial charge in [-0.15, -0.1) is 11.6 Å². The Balaban J connectivity index is 2.30. The van der Waals surface area contributed by atoms with E-state index in [1.54, 1.807) is 12.1 Å². The van der Waals surface area contributed by atoms with Crippen LogP contribution >= 0.6 is 11.6 Å². The summed E-state index contributed by atoms with van der Waals surface area (Å²) in [4.78, 5) is 25.4. The fraction of sp³-hybridized carbons (Fsp3) is 0.500. The molecule has 2 rings (SSSR count). The highest BCUT2D eigenvalue weighted by atomic mass is 35.5. The monoisotopic (exact) mass is 581 g/mol. The molecule has 0 aliphatic rings. The number of rotatable bonds is 15. The number of methoxy groups -OCH3 is 1. The Kier molecular flexibility index (Phi) is 11.8. The molecule has 0 aliphatic carbocycles. The Morgan fingerprint density at radius 3 is 2.21 bits per heavy atom. The summed E-state index contributed by atoms with van der Waals surface area (Å²) in [5.74, 6) is -1.40. The topological polar surface area (TPSA) is 134 Å². The Bertz CT molecular complexity index is 1190. The molecule has 216 valence electrons. The number of benzene rings is 2. The van der Waals surface area contributed by atoms with Crippen LogP contribution < -0.4 is 20.7 Å². The van der Waals surface area contributed by atoms with Gasteiger partial charge in [0.05, 0.1) is 29.0 Å². The van der Waals surface area contributed by atoms with Crippen molar-refractivity contribution in [3.63, 3.8) is 0 Å². The van der Waals surface area contributed by atoms with Gasteiger partial charge < -0.3 is 20.5 Å². The molecule has 9 nitrogen and oxygen atoms in total. The standard InChI is InChI=1S/C28H40ClN3O6S/c1-6-28(16-21-10-8-7-9-11-21,32-26(34)25(20(2)3)31-24(33)17-29)30-18-27(4,35)19-39(36,37)23-14-12-22(38-5)13-15-23/h7-15,20,25,30,35H,6,16-19H2,1-5H3,(H,31,33)(H,32,34)/t25-,27+,28?/m0/s1. The number of alkyl halides is 1. The first-order chi connectivity index (χ1) is 18.3. The Morgan fingerprint density at radius 2 is 1.69 bits per heavy atom. The van der Waals surface area contributed by atoms with Crippen molar-refractivity contribution in [2.24, 2.45) is 5.92 Å². The number of ether oxygens (including phenoxy) is 1. The highest BCUT2D eigenvalue weighted by Crippen LogP contribution is 2.22. The maximum absolute atomic E-state index is 13.4. The van der Waals surface area contributed by atoms with Crippen molar-refractivity contribution in [3.05, 3.63) is 60.2 Å². The maximum atomic E-state index is 13.4. The van der Waals surface area contributed by atoms with Crippen molar-refractivity contribution in [2.75, 3.05) is 25.3 Å². The van der Waals surface area contributed by atoms with E-state index in [0.29, 0.717) is 18.6 Å². The predicted molar refractivity (Wildman–Crippen MR) is 152 cm³/mol. The summed E-state index contributed by atoms with van der Waals surface area (Å²) < 4.78 is 31.2. The molecule has 11 heteroatoms. The summed E-state index contributed by atoms with van der Waals surface area (Å²) >= 11 is 5.65. The van der Waals surface area contributed by atoms with Crippen molar-refractivity contribution < 1.29 is 27.9 Å². The normalized spacial score (nSPS) is 15.6. The lowest BCUT2D eigenvalue weighted by molar-refractivity contribution is -0.131. The van der Waals surface area contributed by atoms with Crippen LogP contribution in [0, 0.1) is 5.92 Å². The summed E-state index contributed by atoms with van der Waals surface area (Å²) in [6.07, 6.45) is 0.759.